The molecule has 6 atom stereocenters. The summed E-state index contributed by atoms with van der Waals surface area (Å²) in [6.07, 6.45) is -1.16. The maximum Gasteiger partial charge on any atom is 0.326 e. The van der Waals surface area contributed by atoms with Crippen LogP contribution in [0.1, 0.15) is 38.2 Å². The second kappa shape index (κ2) is 13.9. The van der Waals surface area contributed by atoms with Gasteiger partial charge in [0.05, 0.1) is 12.2 Å². The van der Waals surface area contributed by atoms with Crippen LogP contribution in [0.2, 0.25) is 0 Å². The topological polar surface area (TPSA) is 229 Å². The molecule has 2 rings (SSSR count). The first-order valence-corrected chi connectivity index (χ1v) is 12.2. The van der Waals surface area contributed by atoms with Crippen LogP contribution < -0.4 is 22.1 Å². The Morgan fingerprint density at radius 3 is 2.32 bits per heavy atom. The number of rotatable bonds is 13. The maximum atomic E-state index is 13.6. The first-order chi connectivity index (χ1) is 17.4. The number of carboxylic acids is 1. The second-order valence-electron chi connectivity index (χ2n) is 9.28. The number of β-amino-alcohol motifs (C(OH)–C–C–N with tert-alkyl or cyclic N) is 1. The number of aliphatic carboxylic acids is 1. The van der Waals surface area contributed by atoms with E-state index in [1.807, 2.05) is 0 Å². The first-order valence-electron chi connectivity index (χ1n) is 12.2. The number of aliphatic hydroxyl groups is 2. The van der Waals surface area contributed by atoms with E-state index in [1.165, 1.54) is 19.1 Å². The van der Waals surface area contributed by atoms with Gasteiger partial charge in [-0.2, -0.15) is 0 Å². The molecule has 0 unspecified atom stereocenters. The van der Waals surface area contributed by atoms with Crippen molar-refractivity contribution in [2.45, 2.75) is 75.4 Å². The highest BCUT2D eigenvalue weighted by Gasteiger charge is 2.42. The number of unbranched alkanes of at least 4 members (excludes halogenated alkanes) is 1. The van der Waals surface area contributed by atoms with Gasteiger partial charge in [0.25, 0.3) is 0 Å². The Bertz CT molecular complexity index is 942. The third-order valence-corrected chi connectivity index (χ3v) is 6.24. The number of phenols is 1. The predicted octanol–water partition coefficient (Wildman–Crippen LogP) is -2.21. The smallest absolute Gasteiger partial charge is 0.326 e. The van der Waals surface area contributed by atoms with Gasteiger partial charge in [-0.15, -0.1) is 0 Å². The number of likely N-dealkylation sites (tertiary alicyclic amines) is 1. The Kier molecular flexibility index (Phi) is 11.2. The Morgan fingerprint density at radius 2 is 1.76 bits per heavy atom. The molecule has 1 aromatic carbocycles. The van der Waals surface area contributed by atoms with Gasteiger partial charge in [0.2, 0.25) is 17.7 Å². The summed E-state index contributed by atoms with van der Waals surface area (Å²) >= 11 is 0. The number of hydrogen-bond acceptors (Lipinski definition) is 9. The lowest BCUT2D eigenvalue weighted by Gasteiger charge is -2.30. The number of carbonyl (C=O) groups excluding carboxylic acids is 3. The van der Waals surface area contributed by atoms with Crippen molar-refractivity contribution in [3.63, 3.8) is 0 Å². The van der Waals surface area contributed by atoms with Crippen LogP contribution in [0.15, 0.2) is 24.3 Å². The molecule has 1 heterocycles. The Hall–Kier alpha value is -3.26. The van der Waals surface area contributed by atoms with E-state index in [4.69, 9.17) is 11.5 Å². The van der Waals surface area contributed by atoms with Crippen LogP contribution in [0.3, 0.4) is 0 Å². The third kappa shape index (κ3) is 8.67. The van der Waals surface area contributed by atoms with E-state index >= 15 is 0 Å². The van der Waals surface area contributed by atoms with E-state index in [-0.39, 0.29) is 31.6 Å². The average Bonchev–Trinajstić information content (AvgIpc) is 3.24. The molecule has 1 fully saturated rings. The van der Waals surface area contributed by atoms with Crippen LogP contribution in [0.4, 0.5) is 0 Å². The molecule has 3 amide bonds. The van der Waals surface area contributed by atoms with Crippen molar-refractivity contribution < 1.29 is 39.6 Å². The molecule has 1 aliphatic heterocycles. The number of hydrogen-bond donors (Lipinski definition) is 8. The quantitative estimate of drug-likeness (QED) is 0.130. The zero-order chi connectivity index (χ0) is 27.7. The fraction of sp³-hybridized carbons (Fsp3) is 0.583. The van der Waals surface area contributed by atoms with Crippen molar-refractivity contribution in [3.05, 3.63) is 29.8 Å². The molecule has 1 aliphatic rings. The number of nitrogens with zero attached hydrogens (tertiary/aromatic N) is 1. The predicted molar refractivity (Wildman–Crippen MR) is 132 cm³/mol. The molecule has 37 heavy (non-hydrogen) atoms. The summed E-state index contributed by atoms with van der Waals surface area (Å²) in [5.41, 5.74) is 11.7. The van der Waals surface area contributed by atoms with E-state index < -0.39 is 60.1 Å². The van der Waals surface area contributed by atoms with Crippen LogP contribution >= 0.6 is 0 Å². The molecule has 13 heteroatoms. The highest BCUT2D eigenvalue weighted by Crippen LogP contribution is 2.21. The Labute approximate surface area is 214 Å². The normalized spacial score (nSPS) is 20.5. The highest BCUT2D eigenvalue weighted by molar-refractivity contribution is 5.94. The van der Waals surface area contributed by atoms with Gasteiger partial charge in [0.1, 0.15) is 29.9 Å². The van der Waals surface area contributed by atoms with E-state index in [2.05, 4.69) is 10.6 Å². The number of aliphatic hydroxyl groups excluding tert-OH is 2. The Balaban J connectivity index is 2.25. The maximum absolute atomic E-state index is 13.6. The highest BCUT2D eigenvalue weighted by atomic mass is 16.4. The van der Waals surface area contributed by atoms with Crippen LogP contribution in [-0.4, -0.2) is 98.5 Å². The van der Waals surface area contributed by atoms with E-state index in [0.29, 0.717) is 24.9 Å². The van der Waals surface area contributed by atoms with E-state index in [9.17, 15) is 39.6 Å². The zero-order valence-corrected chi connectivity index (χ0v) is 20.7. The fourth-order valence-electron chi connectivity index (χ4n) is 4.08. The largest absolute Gasteiger partial charge is 0.508 e. The van der Waals surface area contributed by atoms with Gasteiger partial charge in [-0.25, -0.2) is 4.79 Å². The number of nitrogens with one attached hydrogen (secondary N) is 2. The SMILES string of the molecule is C[C@@H](O)[C@H](N)C(=O)N[C@@H](Cc1ccc(O)cc1)C(=O)N1C[C@H](O)C[C@H]1C(=O)N[C@@H](CCCCN)C(=O)O. The molecule has 1 aromatic rings. The van der Waals surface area contributed by atoms with Crippen molar-refractivity contribution in [3.8, 4) is 5.75 Å². The number of aromatic hydroxyl groups is 1. The minimum absolute atomic E-state index is 0.00522. The van der Waals surface area contributed by atoms with Crippen molar-refractivity contribution in [2.24, 2.45) is 11.5 Å². The standard InChI is InChI=1S/C24H37N5O8/c1-13(30)20(26)22(34)28-18(10-14-5-7-15(31)8-6-14)23(35)29-12-16(32)11-19(29)21(33)27-17(24(36)37)4-2-3-9-25/h5-8,13,16-20,30-32H,2-4,9-12,25-26H2,1H3,(H,27,33)(H,28,34)(H,36,37)/t13-,16-,17+,18+,19+,20+/m1/s1. The van der Waals surface area contributed by atoms with Crippen molar-refractivity contribution in [1.82, 2.24) is 15.5 Å². The minimum Gasteiger partial charge on any atom is -0.508 e. The Morgan fingerprint density at radius 1 is 1.11 bits per heavy atom. The van der Waals surface area contributed by atoms with Crippen molar-refractivity contribution >= 4 is 23.7 Å². The number of benzene rings is 1. The fourth-order valence-corrected chi connectivity index (χ4v) is 4.08. The third-order valence-electron chi connectivity index (χ3n) is 6.24. The van der Waals surface area contributed by atoms with Gasteiger partial charge in [-0.1, -0.05) is 12.1 Å². The molecule has 0 aliphatic carbocycles. The summed E-state index contributed by atoms with van der Waals surface area (Å²) in [6, 6.07) is 1.04. The van der Waals surface area contributed by atoms with Gasteiger partial charge in [0, 0.05) is 19.4 Å². The average molecular weight is 524 g/mol. The molecule has 0 spiro atoms. The monoisotopic (exact) mass is 523 g/mol. The van der Waals surface area contributed by atoms with Gasteiger partial charge in [-0.3, -0.25) is 14.4 Å². The van der Waals surface area contributed by atoms with Gasteiger partial charge < -0.3 is 47.4 Å². The number of carbonyl (C=O) groups is 4. The summed E-state index contributed by atoms with van der Waals surface area (Å²) in [6.45, 7) is 1.50. The lowest BCUT2D eigenvalue weighted by molar-refractivity contribution is -0.145. The summed E-state index contributed by atoms with van der Waals surface area (Å²) in [5.74, 6) is -3.44. The molecular weight excluding hydrogens is 486 g/mol. The molecule has 10 N–H and O–H groups in total. The van der Waals surface area contributed by atoms with E-state index in [0.717, 1.165) is 4.90 Å². The van der Waals surface area contributed by atoms with Gasteiger partial charge in [-0.05, 0) is 50.4 Å². The van der Waals surface area contributed by atoms with Gasteiger partial charge >= 0.3 is 5.97 Å². The van der Waals surface area contributed by atoms with Crippen LogP contribution in [0.25, 0.3) is 0 Å². The van der Waals surface area contributed by atoms with Crippen LogP contribution in [0.5, 0.6) is 5.75 Å². The molecule has 0 aromatic heterocycles. The first kappa shape index (κ1) is 30.0. The van der Waals surface area contributed by atoms with Crippen molar-refractivity contribution in [1.29, 1.82) is 0 Å². The molecule has 0 radical (unpaired) electrons. The lowest BCUT2D eigenvalue weighted by atomic mass is 10.0. The number of carboxylic acid groups (broad SMARTS) is 1. The van der Waals surface area contributed by atoms with Crippen LogP contribution in [0, 0.1) is 0 Å². The summed E-state index contributed by atoms with van der Waals surface area (Å²) < 4.78 is 0. The van der Waals surface area contributed by atoms with Crippen LogP contribution in [-0.2, 0) is 25.6 Å². The molecule has 0 bridgehead atoms. The number of phenolic OH excluding ortho intramolecular Hbond substituents is 1. The molecule has 13 nitrogen and oxygen atoms in total. The summed E-state index contributed by atoms with van der Waals surface area (Å²) in [4.78, 5) is 51.9. The summed E-state index contributed by atoms with van der Waals surface area (Å²) in [7, 11) is 0. The second-order valence-corrected chi connectivity index (χ2v) is 9.28. The number of amides is 3. The van der Waals surface area contributed by atoms with E-state index in [1.54, 1.807) is 12.1 Å². The molecular formula is C24H37N5O8. The molecule has 206 valence electrons. The summed E-state index contributed by atoms with van der Waals surface area (Å²) in [5, 5.41) is 43.9. The molecule has 0 saturated carbocycles. The van der Waals surface area contributed by atoms with Gasteiger partial charge in [0.15, 0.2) is 0 Å². The van der Waals surface area contributed by atoms with Crippen molar-refractivity contribution in [2.75, 3.05) is 13.1 Å². The molecule has 1 saturated heterocycles. The lowest BCUT2D eigenvalue weighted by Crippen LogP contribution is -2.58. The minimum atomic E-state index is -1.32. The zero-order valence-electron chi connectivity index (χ0n) is 20.7. The number of nitrogens with two attached hydrogens (primary N) is 2.